The maximum absolute atomic E-state index is 11.0. The van der Waals surface area contributed by atoms with Gasteiger partial charge in [0.1, 0.15) is 18.1 Å². The molecule has 0 aliphatic heterocycles. The van der Waals surface area contributed by atoms with Crippen LogP contribution < -0.4 is 4.74 Å². The number of ether oxygens (including phenoxy) is 1. The fourth-order valence-corrected chi connectivity index (χ4v) is 1.90. The van der Waals surface area contributed by atoms with Crippen molar-refractivity contribution in [2.75, 3.05) is 0 Å². The summed E-state index contributed by atoms with van der Waals surface area (Å²) in [5.74, 6) is 0.969. The van der Waals surface area contributed by atoms with Crippen LogP contribution >= 0.6 is 0 Å². The van der Waals surface area contributed by atoms with Crippen molar-refractivity contribution in [3.63, 3.8) is 0 Å². The summed E-state index contributed by atoms with van der Waals surface area (Å²) in [6, 6.07) is 7.64. The summed E-state index contributed by atoms with van der Waals surface area (Å²) in [5.41, 5.74) is 2.06. The Kier molecular flexibility index (Phi) is 4.34. The summed E-state index contributed by atoms with van der Waals surface area (Å²) in [5, 5.41) is 0. The van der Waals surface area contributed by atoms with Gasteiger partial charge in [-0.05, 0) is 31.5 Å². The standard InChI is InChI=1S/C15H18N2O2/c1-3-17-11-16-9-14(17)10-19-15-6-4-13(5-7-15)8-12(2)18/h4-7,9,11H,3,8,10H2,1-2H3. The Bertz CT molecular complexity index is 544. The number of imidazole rings is 1. The smallest absolute Gasteiger partial charge is 0.134 e. The molecular weight excluding hydrogens is 240 g/mol. The van der Waals surface area contributed by atoms with Crippen LogP contribution in [0.2, 0.25) is 0 Å². The van der Waals surface area contributed by atoms with Gasteiger partial charge >= 0.3 is 0 Å². The number of benzene rings is 1. The number of Topliss-reactive ketones (excluding diaryl/α,β-unsaturated/α-hetero) is 1. The van der Waals surface area contributed by atoms with Crippen LogP contribution in [0.25, 0.3) is 0 Å². The molecule has 0 fully saturated rings. The van der Waals surface area contributed by atoms with Gasteiger partial charge in [0.15, 0.2) is 0 Å². The molecule has 0 unspecified atom stereocenters. The Labute approximate surface area is 113 Å². The molecule has 1 aromatic heterocycles. The van der Waals surface area contributed by atoms with Crippen LogP contribution in [0.3, 0.4) is 0 Å². The van der Waals surface area contributed by atoms with E-state index in [-0.39, 0.29) is 5.78 Å². The number of carbonyl (C=O) groups is 1. The molecule has 0 saturated carbocycles. The van der Waals surface area contributed by atoms with Gasteiger partial charge in [0.2, 0.25) is 0 Å². The Morgan fingerprint density at radius 2 is 2.05 bits per heavy atom. The molecule has 1 heterocycles. The lowest BCUT2D eigenvalue weighted by atomic mass is 10.1. The van der Waals surface area contributed by atoms with E-state index in [4.69, 9.17) is 4.74 Å². The number of nitrogens with zero attached hydrogens (tertiary/aromatic N) is 2. The van der Waals surface area contributed by atoms with Crippen molar-refractivity contribution >= 4 is 5.78 Å². The molecule has 1 aromatic carbocycles. The van der Waals surface area contributed by atoms with Crippen LogP contribution in [0, 0.1) is 0 Å². The minimum absolute atomic E-state index is 0.167. The van der Waals surface area contributed by atoms with Gasteiger partial charge in [0.25, 0.3) is 0 Å². The Balaban J connectivity index is 1.94. The molecule has 0 amide bonds. The molecule has 19 heavy (non-hydrogen) atoms. The molecule has 0 N–H and O–H groups in total. The topological polar surface area (TPSA) is 44.1 Å². The number of aryl methyl sites for hydroxylation is 1. The SMILES string of the molecule is CCn1cncc1COc1ccc(CC(C)=O)cc1. The lowest BCUT2D eigenvalue weighted by Crippen LogP contribution is -2.03. The number of rotatable bonds is 6. The van der Waals surface area contributed by atoms with Crippen molar-refractivity contribution in [2.24, 2.45) is 0 Å². The molecule has 0 radical (unpaired) electrons. The van der Waals surface area contributed by atoms with Crippen LogP contribution in [0.4, 0.5) is 0 Å². The summed E-state index contributed by atoms with van der Waals surface area (Å²) in [7, 11) is 0. The number of carbonyl (C=O) groups excluding carboxylic acids is 1. The van der Waals surface area contributed by atoms with Gasteiger partial charge in [0, 0.05) is 13.0 Å². The average Bonchev–Trinajstić information content (AvgIpc) is 2.84. The van der Waals surface area contributed by atoms with E-state index < -0.39 is 0 Å². The molecule has 2 rings (SSSR count). The Morgan fingerprint density at radius 3 is 2.68 bits per heavy atom. The van der Waals surface area contributed by atoms with Crippen LogP contribution in [-0.4, -0.2) is 15.3 Å². The number of hydrogen-bond donors (Lipinski definition) is 0. The molecule has 2 aromatic rings. The zero-order chi connectivity index (χ0) is 13.7. The molecular formula is C15H18N2O2. The van der Waals surface area contributed by atoms with Gasteiger partial charge < -0.3 is 9.30 Å². The van der Waals surface area contributed by atoms with E-state index in [9.17, 15) is 4.79 Å². The molecule has 0 atom stereocenters. The van der Waals surface area contributed by atoms with Crippen molar-refractivity contribution in [3.05, 3.63) is 48.0 Å². The molecule has 0 aliphatic carbocycles. The highest BCUT2D eigenvalue weighted by atomic mass is 16.5. The predicted molar refractivity (Wildman–Crippen MR) is 73.1 cm³/mol. The van der Waals surface area contributed by atoms with E-state index >= 15 is 0 Å². The molecule has 4 nitrogen and oxygen atoms in total. The molecule has 4 heteroatoms. The minimum Gasteiger partial charge on any atom is -0.487 e. The third-order valence-corrected chi connectivity index (χ3v) is 2.90. The van der Waals surface area contributed by atoms with Gasteiger partial charge in [-0.25, -0.2) is 4.98 Å². The van der Waals surface area contributed by atoms with Crippen LogP contribution in [-0.2, 0) is 24.4 Å². The highest BCUT2D eigenvalue weighted by Crippen LogP contribution is 2.14. The van der Waals surface area contributed by atoms with Gasteiger partial charge in [0.05, 0.1) is 18.2 Å². The normalized spacial score (nSPS) is 10.4. The maximum Gasteiger partial charge on any atom is 0.134 e. The van der Waals surface area contributed by atoms with Crippen LogP contribution in [0.15, 0.2) is 36.8 Å². The minimum atomic E-state index is 0.167. The molecule has 0 spiro atoms. The summed E-state index contributed by atoms with van der Waals surface area (Å²) < 4.78 is 7.75. The van der Waals surface area contributed by atoms with Crippen LogP contribution in [0.5, 0.6) is 5.75 Å². The first kappa shape index (κ1) is 13.3. The maximum atomic E-state index is 11.0. The van der Waals surface area contributed by atoms with Gasteiger partial charge in [-0.1, -0.05) is 12.1 Å². The van der Waals surface area contributed by atoms with Gasteiger partial charge in [-0.2, -0.15) is 0 Å². The van der Waals surface area contributed by atoms with Crippen molar-refractivity contribution in [3.8, 4) is 5.75 Å². The number of hydrogen-bond acceptors (Lipinski definition) is 3. The quantitative estimate of drug-likeness (QED) is 0.800. The van der Waals surface area contributed by atoms with Crippen LogP contribution in [0.1, 0.15) is 25.1 Å². The number of ketones is 1. The lowest BCUT2D eigenvalue weighted by Gasteiger charge is -2.08. The third kappa shape index (κ3) is 3.68. The second-order valence-electron chi connectivity index (χ2n) is 4.48. The van der Waals surface area contributed by atoms with Crippen molar-refractivity contribution in [2.45, 2.75) is 33.4 Å². The Morgan fingerprint density at radius 1 is 1.32 bits per heavy atom. The van der Waals surface area contributed by atoms with Crippen molar-refractivity contribution in [1.29, 1.82) is 0 Å². The van der Waals surface area contributed by atoms with E-state index in [1.807, 2.05) is 35.0 Å². The van der Waals surface area contributed by atoms with E-state index in [0.717, 1.165) is 23.6 Å². The summed E-state index contributed by atoms with van der Waals surface area (Å²) >= 11 is 0. The zero-order valence-electron chi connectivity index (χ0n) is 11.3. The fraction of sp³-hybridized carbons (Fsp3) is 0.333. The van der Waals surface area contributed by atoms with E-state index in [0.29, 0.717) is 13.0 Å². The first-order valence-electron chi connectivity index (χ1n) is 6.39. The summed E-state index contributed by atoms with van der Waals surface area (Å²) in [6.07, 6.45) is 4.09. The second kappa shape index (κ2) is 6.18. The van der Waals surface area contributed by atoms with Gasteiger partial charge in [-0.3, -0.25) is 4.79 Å². The molecule has 0 bridgehead atoms. The van der Waals surface area contributed by atoms with Crippen molar-refractivity contribution in [1.82, 2.24) is 9.55 Å². The lowest BCUT2D eigenvalue weighted by molar-refractivity contribution is -0.116. The zero-order valence-corrected chi connectivity index (χ0v) is 11.3. The highest BCUT2D eigenvalue weighted by molar-refractivity contribution is 5.78. The number of aromatic nitrogens is 2. The van der Waals surface area contributed by atoms with E-state index in [1.54, 1.807) is 13.3 Å². The summed E-state index contributed by atoms with van der Waals surface area (Å²) in [4.78, 5) is 15.1. The largest absolute Gasteiger partial charge is 0.487 e. The molecule has 0 saturated heterocycles. The monoisotopic (exact) mass is 258 g/mol. The second-order valence-corrected chi connectivity index (χ2v) is 4.48. The van der Waals surface area contributed by atoms with Crippen molar-refractivity contribution < 1.29 is 9.53 Å². The summed E-state index contributed by atoms with van der Waals surface area (Å²) in [6.45, 7) is 5.05. The van der Waals surface area contributed by atoms with Gasteiger partial charge in [-0.15, -0.1) is 0 Å². The van der Waals surface area contributed by atoms with E-state index in [2.05, 4.69) is 11.9 Å². The molecule has 100 valence electrons. The predicted octanol–water partition coefficient (Wildman–Crippen LogP) is 2.61. The fourth-order valence-electron chi connectivity index (χ4n) is 1.90. The third-order valence-electron chi connectivity index (χ3n) is 2.90. The Hall–Kier alpha value is -2.10. The van der Waals surface area contributed by atoms with E-state index in [1.165, 1.54) is 0 Å². The first-order valence-corrected chi connectivity index (χ1v) is 6.39. The first-order chi connectivity index (χ1) is 9.19. The highest BCUT2D eigenvalue weighted by Gasteiger charge is 2.02. The average molecular weight is 258 g/mol. The molecule has 0 aliphatic rings.